The molecule has 1 spiro atoms. The van der Waals surface area contributed by atoms with Crippen molar-refractivity contribution >= 4 is 23.4 Å². The van der Waals surface area contributed by atoms with E-state index >= 15 is 0 Å². The van der Waals surface area contributed by atoms with Gasteiger partial charge in [0.1, 0.15) is 11.9 Å². The minimum Gasteiger partial charge on any atom is -0.480 e. The van der Waals surface area contributed by atoms with Gasteiger partial charge in [0.05, 0.1) is 5.02 Å². The van der Waals surface area contributed by atoms with E-state index in [-0.39, 0.29) is 11.5 Å². The largest absolute Gasteiger partial charge is 0.480 e. The molecule has 3 heterocycles. The average Bonchev–Trinajstić information content (AvgIpc) is 2.88. The van der Waals surface area contributed by atoms with Gasteiger partial charge in [0, 0.05) is 25.8 Å². The monoisotopic (exact) mass is 337 g/mol. The summed E-state index contributed by atoms with van der Waals surface area (Å²) in [6.45, 7) is 5.66. The summed E-state index contributed by atoms with van der Waals surface area (Å²) in [4.78, 5) is 20.3. The van der Waals surface area contributed by atoms with Crippen LogP contribution in [0.25, 0.3) is 0 Å². The molecule has 1 N–H and O–H groups in total. The molecule has 126 valence electrons. The molecule has 0 saturated carbocycles. The van der Waals surface area contributed by atoms with E-state index in [0.29, 0.717) is 5.02 Å². The number of halogens is 1. The number of aromatic nitrogens is 1. The Bertz CT molecular complexity index is 573. The summed E-state index contributed by atoms with van der Waals surface area (Å²) in [5.74, 6) is 0.174. The van der Waals surface area contributed by atoms with Crippen LogP contribution >= 0.6 is 11.6 Å². The van der Waals surface area contributed by atoms with Crippen molar-refractivity contribution in [3.8, 4) is 0 Å². The van der Waals surface area contributed by atoms with Gasteiger partial charge in [0.25, 0.3) is 0 Å². The predicted octanol–water partition coefficient (Wildman–Crippen LogP) is 2.89. The van der Waals surface area contributed by atoms with Crippen molar-refractivity contribution in [3.05, 3.63) is 23.4 Å². The molecule has 6 heteroatoms. The lowest BCUT2D eigenvalue weighted by molar-refractivity contribution is -0.142. The average molecular weight is 338 g/mol. The first-order chi connectivity index (χ1) is 11.0. The minimum atomic E-state index is -0.675. The van der Waals surface area contributed by atoms with Crippen molar-refractivity contribution in [1.29, 1.82) is 0 Å². The molecule has 1 aromatic heterocycles. The zero-order valence-electron chi connectivity index (χ0n) is 13.5. The summed E-state index contributed by atoms with van der Waals surface area (Å²) in [5, 5.41) is 10.2. The Kier molecular flexibility index (Phi) is 4.78. The number of hydrogen-bond acceptors (Lipinski definition) is 4. The highest BCUT2D eigenvalue weighted by molar-refractivity contribution is 6.32. The summed E-state index contributed by atoms with van der Waals surface area (Å²) in [7, 11) is 0. The first-order valence-electron chi connectivity index (χ1n) is 8.37. The van der Waals surface area contributed by atoms with Crippen LogP contribution in [0.15, 0.2) is 18.3 Å². The normalized spacial score (nSPS) is 24.3. The van der Waals surface area contributed by atoms with Crippen molar-refractivity contribution in [2.75, 3.05) is 31.1 Å². The van der Waals surface area contributed by atoms with Crippen LogP contribution in [-0.2, 0) is 4.79 Å². The van der Waals surface area contributed by atoms with Crippen LogP contribution in [0.5, 0.6) is 0 Å². The van der Waals surface area contributed by atoms with Crippen LogP contribution in [0.1, 0.15) is 32.6 Å². The lowest BCUT2D eigenvalue weighted by Gasteiger charge is -2.40. The van der Waals surface area contributed by atoms with E-state index < -0.39 is 5.97 Å². The van der Waals surface area contributed by atoms with Crippen LogP contribution < -0.4 is 4.90 Å². The van der Waals surface area contributed by atoms with Gasteiger partial charge in [-0.25, -0.2) is 4.98 Å². The molecule has 5 nitrogen and oxygen atoms in total. The maximum Gasteiger partial charge on any atom is 0.320 e. The Morgan fingerprint density at radius 2 is 2.22 bits per heavy atom. The zero-order chi connectivity index (χ0) is 16.4. The van der Waals surface area contributed by atoms with Gasteiger partial charge in [-0.15, -0.1) is 0 Å². The van der Waals surface area contributed by atoms with Gasteiger partial charge < -0.3 is 10.0 Å². The minimum absolute atomic E-state index is 0.135. The lowest BCUT2D eigenvalue weighted by atomic mass is 9.76. The smallest absolute Gasteiger partial charge is 0.320 e. The second kappa shape index (κ2) is 6.65. The molecule has 2 saturated heterocycles. The van der Waals surface area contributed by atoms with Crippen molar-refractivity contribution in [3.63, 3.8) is 0 Å². The van der Waals surface area contributed by atoms with Gasteiger partial charge in [-0.05, 0) is 49.8 Å². The maximum atomic E-state index is 11.6. The molecule has 2 fully saturated rings. The SMILES string of the molecule is CCCN1CC2(CCN(c3ncccc3Cl)CC2)CC1C(=O)O. The van der Waals surface area contributed by atoms with E-state index in [4.69, 9.17) is 11.6 Å². The van der Waals surface area contributed by atoms with Gasteiger partial charge >= 0.3 is 5.97 Å². The van der Waals surface area contributed by atoms with Gasteiger partial charge in [-0.3, -0.25) is 9.69 Å². The topological polar surface area (TPSA) is 56.7 Å². The maximum absolute atomic E-state index is 11.6. The molecule has 1 aromatic rings. The fourth-order valence-electron chi connectivity index (χ4n) is 4.08. The van der Waals surface area contributed by atoms with E-state index in [9.17, 15) is 9.90 Å². The van der Waals surface area contributed by atoms with Crippen LogP contribution in [-0.4, -0.2) is 53.2 Å². The fourth-order valence-corrected chi connectivity index (χ4v) is 4.32. The number of carbonyl (C=O) groups is 1. The molecule has 0 aliphatic carbocycles. The Morgan fingerprint density at radius 1 is 1.48 bits per heavy atom. The third kappa shape index (κ3) is 3.31. The number of anilines is 1. The highest BCUT2D eigenvalue weighted by Gasteiger charge is 2.47. The molecule has 1 atom stereocenters. The molecule has 0 aromatic carbocycles. The second-order valence-corrected chi connectivity index (χ2v) is 7.23. The molecule has 0 bridgehead atoms. The summed E-state index contributed by atoms with van der Waals surface area (Å²) < 4.78 is 0. The lowest BCUT2D eigenvalue weighted by Crippen LogP contribution is -2.42. The van der Waals surface area contributed by atoms with Crippen molar-refractivity contribution < 1.29 is 9.90 Å². The summed E-state index contributed by atoms with van der Waals surface area (Å²) >= 11 is 6.25. The molecule has 0 amide bonds. The third-order valence-corrected chi connectivity index (χ3v) is 5.56. The molecule has 2 aliphatic heterocycles. The van der Waals surface area contributed by atoms with E-state index in [1.807, 2.05) is 12.1 Å². The third-order valence-electron chi connectivity index (χ3n) is 5.26. The standard InChI is InChI=1S/C17H24ClN3O2/c1-2-8-21-12-17(11-14(21)16(22)23)5-9-20(10-6-17)15-13(18)4-3-7-19-15/h3-4,7,14H,2,5-6,8-12H2,1H3,(H,22,23). The first-order valence-corrected chi connectivity index (χ1v) is 8.75. The highest BCUT2D eigenvalue weighted by Crippen LogP contribution is 2.44. The van der Waals surface area contributed by atoms with Crippen LogP contribution in [0.3, 0.4) is 0 Å². The molecule has 2 aliphatic rings. The number of pyridine rings is 1. The number of aliphatic carboxylic acids is 1. The highest BCUT2D eigenvalue weighted by atomic mass is 35.5. The summed E-state index contributed by atoms with van der Waals surface area (Å²) in [5.41, 5.74) is 0.135. The van der Waals surface area contributed by atoms with Crippen molar-refractivity contribution in [1.82, 2.24) is 9.88 Å². The number of rotatable bonds is 4. The number of piperidine rings is 1. The molecule has 1 unspecified atom stereocenters. The van der Waals surface area contributed by atoms with Gasteiger partial charge in [-0.1, -0.05) is 18.5 Å². The quantitative estimate of drug-likeness (QED) is 0.915. The van der Waals surface area contributed by atoms with Crippen LogP contribution in [0, 0.1) is 5.41 Å². The Hall–Kier alpha value is -1.33. The second-order valence-electron chi connectivity index (χ2n) is 6.82. The predicted molar refractivity (Wildman–Crippen MR) is 91.0 cm³/mol. The number of likely N-dealkylation sites (tertiary alicyclic amines) is 1. The zero-order valence-corrected chi connectivity index (χ0v) is 14.3. The first kappa shape index (κ1) is 16.5. The molecular weight excluding hydrogens is 314 g/mol. The van der Waals surface area contributed by atoms with Gasteiger partial charge in [0.15, 0.2) is 0 Å². The van der Waals surface area contributed by atoms with E-state index in [1.165, 1.54) is 0 Å². The molecule has 0 radical (unpaired) electrons. The Balaban J connectivity index is 1.68. The van der Waals surface area contributed by atoms with Crippen molar-refractivity contribution in [2.45, 2.75) is 38.6 Å². The molecule has 23 heavy (non-hydrogen) atoms. The number of carboxylic acids is 1. The van der Waals surface area contributed by atoms with Gasteiger partial charge in [0.2, 0.25) is 0 Å². The fraction of sp³-hybridized carbons (Fsp3) is 0.647. The van der Waals surface area contributed by atoms with Crippen molar-refractivity contribution in [2.24, 2.45) is 5.41 Å². The molecule has 3 rings (SSSR count). The Labute approximate surface area is 142 Å². The Morgan fingerprint density at radius 3 is 2.83 bits per heavy atom. The summed E-state index contributed by atoms with van der Waals surface area (Å²) in [6.07, 6.45) is 5.54. The van der Waals surface area contributed by atoms with E-state index in [0.717, 1.165) is 57.7 Å². The van der Waals surface area contributed by atoms with Gasteiger partial charge in [-0.2, -0.15) is 0 Å². The number of nitrogens with zero attached hydrogens (tertiary/aromatic N) is 3. The van der Waals surface area contributed by atoms with E-state index in [2.05, 4.69) is 21.7 Å². The summed E-state index contributed by atoms with van der Waals surface area (Å²) in [6, 6.07) is 3.39. The number of carboxylic acid groups (broad SMARTS) is 1. The van der Waals surface area contributed by atoms with E-state index in [1.54, 1.807) is 6.20 Å². The number of hydrogen-bond donors (Lipinski definition) is 1. The van der Waals surface area contributed by atoms with Crippen LogP contribution in [0.2, 0.25) is 5.02 Å². The molecular formula is C17H24ClN3O2. The van der Waals surface area contributed by atoms with Crippen LogP contribution in [0.4, 0.5) is 5.82 Å².